The molecule has 0 radical (unpaired) electrons. The SMILES string of the molecule is O=C(Cn1c(=O)[nH]c2ccccc21)Nc1ncc(-c2ccccn2)[nH]1. The van der Waals surface area contributed by atoms with Gasteiger partial charge in [-0.25, -0.2) is 9.78 Å². The number of nitrogens with zero attached hydrogens (tertiary/aromatic N) is 3. The van der Waals surface area contributed by atoms with E-state index in [-0.39, 0.29) is 18.1 Å². The molecular weight excluding hydrogens is 320 g/mol. The van der Waals surface area contributed by atoms with E-state index < -0.39 is 0 Å². The van der Waals surface area contributed by atoms with Gasteiger partial charge in [-0.05, 0) is 24.3 Å². The maximum Gasteiger partial charge on any atom is 0.326 e. The number of rotatable bonds is 4. The molecule has 0 atom stereocenters. The van der Waals surface area contributed by atoms with Crippen LogP contribution in [-0.2, 0) is 11.3 Å². The first-order chi connectivity index (χ1) is 12.2. The summed E-state index contributed by atoms with van der Waals surface area (Å²) < 4.78 is 1.38. The summed E-state index contributed by atoms with van der Waals surface area (Å²) in [6.45, 7) is -0.109. The number of fused-ring (bicyclic) bond motifs is 1. The van der Waals surface area contributed by atoms with Gasteiger partial charge in [0, 0.05) is 6.20 Å². The fourth-order valence-electron chi connectivity index (χ4n) is 2.62. The molecule has 0 aliphatic rings. The third-order valence-corrected chi connectivity index (χ3v) is 3.76. The number of carbonyl (C=O) groups is 1. The molecule has 0 unspecified atom stereocenters. The number of imidazole rings is 2. The van der Waals surface area contributed by atoms with Crippen LogP contribution in [0.25, 0.3) is 22.4 Å². The molecule has 1 aromatic carbocycles. The highest BCUT2D eigenvalue weighted by molar-refractivity contribution is 5.90. The zero-order chi connectivity index (χ0) is 17.2. The zero-order valence-corrected chi connectivity index (χ0v) is 13.1. The molecule has 0 spiro atoms. The van der Waals surface area contributed by atoms with Gasteiger partial charge >= 0.3 is 5.69 Å². The van der Waals surface area contributed by atoms with Crippen molar-refractivity contribution in [2.45, 2.75) is 6.54 Å². The Morgan fingerprint density at radius 1 is 1.08 bits per heavy atom. The average molecular weight is 334 g/mol. The van der Waals surface area contributed by atoms with E-state index in [0.29, 0.717) is 22.7 Å². The number of para-hydroxylation sites is 2. The molecule has 3 heterocycles. The summed E-state index contributed by atoms with van der Waals surface area (Å²) in [6.07, 6.45) is 3.27. The molecule has 1 amide bonds. The van der Waals surface area contributed by atoms with Gasteiger partial charge in [0.1, 0.15) is 6.54 Å². The smallest absolute Gasteiger partial charge is 0.323 e. The van der Waals surface area contributed by atoms with E-state index in [1.165, 1.54) is 4.57 Å². The van der Waals surface area contributed by atoms with E-state index >= 15 is 0 Å². The van der Waals surface area contributed by atoms with Crippen LogP contribution in [0, 0.1) is 0 Å². The third kappa shape index (κ3) is 2.92. The van der Waals surface area contributed by atoms with Crippen molar-refractivity contribution in [1.82, 2.24) is 24.5 Å². The van der Waals surface area contributed by atoms with Gasteiger partial charge in [-0.1, -0.05) is 18.2 Å². The predicted molar refractivity (Wildman–Crippen MR) is 93.0 cm³/mol. The minimum atomic E-state index is -0.353. The second kappa shape index (κ2) is 6.08. The molecule has 25 heavy (non-hydrogen) atoms. The van der Waals surface area contributed by atoms with Gasteiger partial charge in [0.2, 0.25) is 11.9 Å². The molecular formula is C17H14N6O2. The van der Waals surface area contributed by atoms with Crippen LogP contribution in [0.5, 0.6) is 0 Å². The summed E-state index contributed by atoms with van der Waals surface area (Å²) in [7, 11) is 0. The average Bonchev–Trinajstić information content (AvgIpc) is 3.21. The van der Waals surface area contributed by atoms with E-state index in [1.807, 2.05) is 30.3 Å². The van der Waals surface area contributed by atoms with Gasteiger partial charge < -0.3 is 9.97 Å². The van der Waals surface area contributed by atoms with Crippen molar-refractivity contribution in [3.8, 4) is 11.4 Å². The van der Waals surface area contributed by atoms with Crippen LogP contribution in [0.3, 0.4) is 0 Å². The highest BCUT2D eigenvalue weighted by Crippen LogP contribution is 2.15. The number of anilines is 1. The Hall–Kier alpha value is -3.68. The lowest BCUT2D eigenvalue weighted by molar-refractivity contribution is -0.116. The lowest BCUT2D eigenvalue weighted by Crippen LogP contribution is -2.26. The van der Waals surface area contributed by atoms with E-state index in [1.54, 1.807) is 24.5 Å². The Balaban J connectivity index is 1.52. The quantitative estimate of drug-likeness (QED) is 0.528. The van der Waals surface area contributed by atoms with Crippen LogP contribution in [0.15, 0.2) is 59.7 Å². The summed E-state index contributed by atoms with van der Waals surface area (Å²) >= 11 is 0. The number of nitrogens with one attached hydrogen (secondary N) is 3. The van der Waals surface area contributed by atoms with Crippen molar-refractivity contribution in [1.29, 1.82) is 0 Å². The Kier molecular flexibility index (Phi) is 3.62. The molecule has 4 aromatic rings. The van der Waals surface area contributed by atoms with Crippen LogP contribution < -0.4 is 11.0 Å². The van der Waals surface area contributed by atoms with E-state index in [2.05, 4.69) is 25.3 Å². The number of carbonyl (C=O) groups excluding carboxylic acids is 1. The molecule has 0 saturated heterocycles. The summed E-state index contributed by atoms with van der Waals surface area (Å²) in [4.78, 5) is 38.3. The number of hydrogen-bond donors (Lipinski definition) is 3. The number of aromatic amines is 2. The van der Waals surface area contributed by atoms with E-state index in [9.17, 15) is 9.59 Å². The molecule has 3 N–H and O–H groups in total. The number of pyridine rings is 1. The van der Waals surface area contributed by atoms with Gasteiger partial charge in [-0.3, -0.25) is 19.7 Å². The molecule has 8 nitrogen and oxygen atoms in total. The first-order valence-electron chi connectivity index (χ1n) is 7.64. The van der Waals surface area contributed by atoms with Crippen molar-refractivity contribution < 1.29 is 4.79 Å². The van der Waals surface area contributed by atoms with Crippen molar-refractivity contribution in [2.75, 3.05) is 5.32 Å². The molecule has 0 saturated carbocycles. The number of amides is 1. The molecule has 0 fully saturated rings. The van der Waals surface area contributed by atoms with Gasteiger partial charge in [0.15, 0.2) is 0 Å². The largest absolute Gasteiger partial charge is 0.326 e. The normalized spacial score (nSPS) is 10.9. The number of benzene rings is 1. The fraction of sp³-hybridized carbons (Fsp3) is 0.0588. The van der Waals surface area contributed by atoms with Crippen LogP contribution in [0.4, 0.5) is 5.95 Å². The minimum Gasteiger partial charge on any atom is -0.323 e. The number of H-pyrrole nitrogens is 2. The van der Waals surface area contributed by atoms with Crippen molar-refractivity contribution >= 4 is 22.9 Å². The van der Waals surface area contributed by atoms with Gasteiger partial charge in [0.25, 0.3) is 0 Å². The van der Waals surface area contributed by atoms with Crippen LogP contribution >= 0.6 is 0 Å². The lowest BCUT2D eigenvalue weighted by Gasteiger charge is -2.03. The Bertz CT molecular complexity index is 1090. The zero-order valence-electron chi connectivity index (χ0n) is 13.1. The minimum absolute atomic E-state index is 0.109. The van der Waals surface area contributed by atoms with E-state index in [4.69, 9.17) is 0 Å². The predicted octanol–water partition coefficient (Wildman–Crippen LogP) is 1.75. The maximum absolute atomic E-state index is 12.3. The summed E-state index contributed by atoms with van der Waals surface area (Å²) in [5, 5.41) is 2.66. The van der Waals surface area contributed by atoms with Crippen LogP contribution in [0.2, 0.25) is 0 Å². The molecule has 0 bridgehead atoms. The van der Waals surface area contributed by atoms with Crippen molar-refractivity contribution in [3.63, 3.8) is 0 Å². The topological polar surface area (TPSA) is 108 Å². The third-order valence-electron chi connectivity index (χ3n) is 3.76. The molecule has 0 aliphatic carbocycles. The van der Waals surface area contributed by atoms with Crippen molar-refractivity contribution in [3.05, 3.63) is 65.3 Å². The summed E-state index contributed by atoms with van der Waals surface area (Å²) in [6, 6.07) is 12.7. The molecule has 4 rings (SSSR count). The fourth-order valence-corrected chi connectivity index (χ4v) is 2.62. The molecule has 3 aromatic heterocycles. The molecule has 8 heteroatoms. The number of aromatic nitrogens is 5. The van der Waals surface area contributed by atoms with Gasteiger partial charge in [0.05, 0.1) is 28.6 Å². The van der Waals surface area contributed by atoms with Crippen LogP contribution in [0.1, 0.15) is 0 Å². The molecule has 0 aliphatic heterocycles. The second-order valence-corrected chi connectivity index (χ2v) is 5.44. The highest BCUT2D eigenvalue weighted by atomic mass is 16.2. The van der Waals surface area contributed by atoms with Crippen molar-refractivity contribution in [2.24, 2.45) is 0 Å². The summed E-state index contributed by atoms with van der Waals surface area (Å²) in [5.74, 6) is -0.0488. The van der Waals surface area contributed by atoms with E-state index in [0.717, 1.165) is 5.69 Å². The number of hydrogen-bond acceptors (Lipinski definition) is 4. The lowest BCUT2D eigenvalue weighted by atomic mass is 10.3. The standard InChI is InChI=1S/C17H14N6O2/c24-15(10-23-14-7-2-1-6-12(14)21-17(23)25)22-16-19-9-13(20-16)11-5-3-4-8-18-11/h1-9H,10H2,(H,21,25)(H2,19,20,22,24). The van der Waals surface area contributed by atoms with Gasteiger partial charge in [-0.2, -0.15) is 0 Å². The first kappa shape index (κ1) is 14.9. The highest BCUT2D eigenvalue weighted by Gasteiger charge is 2.12. The Morgan fingerprint density at radius 2 is 1.92 bits per heavy atom. The van der Waals surface area contributed by atoms with Crippen LogP contribution in [-0.4, -0.2) is 30.4 Å². The second-order valence-electron chi connectivity index (χ2n) is 5.44. The Labute approximate surface area is 141 Å². The maximum atomic E-state index is 12.3. The molecule has 124 valence electrons. The van der Waals surface area contributed by atoms with Gasteiger partial charge in [-0.15, -0.1) is 0 Å². The first-order valence-corrected chi connectivity index (χ1v) is 7.64. The Morgan fingerprint density at radius 3 is 2.76 bits per heavy atom. The monoisotopic (exact) mass is 334 g/mol. The summed E-state index contributed by atoms with van der Waals surface area (Å²) in [5.41, 5.74) is 2.46.